The van der Waals surface area contributed by atoms with Crippen LogP contribution in [0.1, 0.15) is 25.3 Å². The molecule has 0 aromatic heterocycles. The van der Waals surface area contributed by atoms with Crippen molar-refractivity contribution in [2.45, 2.75) is 26.3 Å². The average Bonchev–Trinajstić information content (AvgIpc) is 2.64. The molecule has 1 N–H and O–H groups in total. The highest BCUT2D eigenvalue weighted by Crippen LogP contribution is 2.23. The second kappa shape index (κ2) is 8.63. The third-order valence-corrected chi connectivity index (χ3v) is 4.99. The van der Waals surface area contributed by atoms with Gasteiger partial charge in [0.05, 0.1) is 12.5 Å². The standard InChI is InChI=1S/C19H28FN3O2/c1-2-25-18-6-5-15(12-17(18)20)13-22-9-3-4-16(14-22)19(24)23-10-7-21-8-11-23/h5-6,12,16,21H,2-4,7-11,13-14H2,1H3. The fraction of sp³-hybridized carbons (Fsp3) is 0.632. The minimum absolute atomic E-state index is 0.0689. The second-order valence-corrected chi connectivity index (χ2v) is 6.85. The summed E-state index contributed by atoms with van der Waals surface area (Å²) in [6.07, 6.45) is 1.97. The Bertz CT molecular complexity index is 590. The van der Waals surface area contributed by atoms with Crippen LogP contribution >= 0.6 is 0 Å². The number of carbonyl (C=O) groups is 1. The molecule has 1 amide bonds. The number of amides is 1. The molecule has 2 fully saturated rings. The molecular weight excluding hydrogens is 321 g/mol. The van der Waals surface area contributed by atoms with E-state index in [9.17, 15) is 9.18 Å². The summed E-state index contributed by atoms with van der Waals surface area (Å²) in [6.45, 7) is 8.07. The number of benzene rings is 1. The van der Waals surface area contributed by atoms with E-state index in [0.717, 1.165) is 57.7 Å². The van der Waals surface area contributed by atoms with Crippen LogP contribution in [0.25, 0.3) is 0 Å². The predicted octanol–water partition coefficient (Wildman–Crippen LogP) is 1.87. The van der Waals surface area contributed by atoms with Crippen molar-refractivity contribution in [2.75, 3.05) is 45.9 Å². The maximum Gasteiger partial charge on any atom is 0.227 e. The molecule has 0 bridgehead atoms. The van der Waals surface area contributed by atoms with E-state index < -0.39 is 0 Å². The molecular formula is C19H28FN3O2. The molecule has 1 aromatic carbocycles. The van der Waals surface area contributed by atoms with Gasteiger partial charge in [0.2, 0.25) is 5.91 Å². The summed E-state index contributed by atoms with van der Waals surface area (Å²) in [4.78, 5) is 17.0. The van der Waals surface area contributed by atoms with E-state index in [-0.39, 0.29) is 17.6 Å². The molecule has 3 rings (SSSR count). The summed E-state index contributed by atoms with van der Waals surface area (Å²) in [5, 5.41) is 3.28. The van der Waals surface area contributed by atoms with Crippen LogP contribution < -0.4 is 10.1 Å². The van der Waals surface area contributed by atoms with Crippen LogP contribution in [0.2, 0.25) is 0 Å². The largest absolute Gasteiger partial charge is 0.491 e. The monoisotopic (exact) mass is 349 g/mol. The molecule has 1 unspecified atom stereocenters. The molecule has 1 atom stereocenters. The first-order valence-electron chi connectivity index (χ1n) is 9.30. The molecule has 0 aliphatic carbocycles. The van der Waals surface area contributed by atoms with E-state index >= 15 is 0 Å². The van der Waals surface area contributed by atoms with Crippen molar-refractivity contribution in [3.05, 3.63) is 29.6 Å². The third kappa shape index (κ3) is 4.70. The number of piperidine rings is 1. The van der Waals surface area contributed by atoms with Crippen molar-refractivity contribution in [3.63, 3.8) is 0 Å². The van der Waals surface area contributed by atoms with Gasteiger partial charge in [-0.2, -0.15) is 0 Å². The number of hydrogen-bond acceptors (Lipinski definition) is 4. The van der Waals surface area contributed by atoms with Crippen LogP contribution in [-0.2, 0) is 11.3 Å². The Labute approximate surface area is 149 Å². The Morgan fingerprint density at radius 3 is 2.84 bits per heavy atom. The van der Waals surface area contributed by atoms with Crippen LogP contribution in [0, 0.1) is 11.7 Å². The van der Waals surface area contributed by atoms with Crippen molar-refractivity contribution < 1.29 is 13.9 Å². The summed E-state index contributed by atoms with van der Waals surface area (Å²) in [6, 6.07) is 5.16. The lowest BCUT2D eigenvalue weighted by Crippen LogP contribution is -2.51. The normalized spacial score (nSPS) is 22.0. The number of rotatable bonds is 5. The summed E-state index contributed by atoms with van der Waals surface area (Å²) < 4.78 is 19.3. The average molecular weight is 349 g/mol. The Balaban J connectivity index is 1.58. The van der Waals surface area contributed by atoms with Gasteiger partial charge in [0.15, 0.2) is 11.6 Å². The maximum absolute atomic E-state index is 14.0. The zero-order valence-corrected chi connectivity index (χ0v) is 15.0. The molecule has 2 aliphatic rings. The molecule has 2 heterocycles. The zero-order chi connectivity index (χ0) is 17.6. The Hall–Kier alpha value is -1.66. The van der Waals surface area contributed by atoms with E-state index in [1.807, 2.05) is 17.9 Å². The highest BCUT2D eigenvalue weighted by molar-refractivity contribution is 5.79. The van der Waals surface area contributed by atoms with Crippen LogP contribution in [0.4, 0.5) is 4.39 Å². The van der Waals surface area contributed by atoms with Gasteiger partial charge in [-0.3, -0.25) is 9.69 Å². The maximum atomic E-state index is 14.0. The molecule has 0 radical (unpaired) electrons. The summed E-state index contributed by atoms with van der Waals surface area (Å²) in [5.41, 5.74) is 0.927. The van der Waals surface area contributed by atoms with Gasteiger partial charge < -0.3 is 15.0 Å². The number of halogens is 1. The number of hydrogen-bond donors (Lipinski definition) is 1. The molecule has 1 aromatic rings. The number of nitrogens with one attached hydrogen (secondary N) is 1. The minimum atomic E-state index is -0.315. The van der Waals surface area contributed by atoms with Crippen molar-refractivity contribution in [1.29, 1.82) is 0 Å². The minimum Gasteiger partial charge on any atom is -0.491 e. The lowest BCUT2D eigenvalue weighted by molar-refractivity contribution is -0.138. The summed E-state index contributed by atoms with van der Waals surface area (Å²) >= 11 is 0. The van der Waals surface area contributed by atoms with Gasteiger partial charge in [0, 0.05) is 39.3 Å². The second-order valence-electron chi connectivity index (χ2n) is 6.85. The molecule has 2 aliphatic heterocycles. The number of piperazine rings is 1. The van der Waals surface area contributed by atoms with Gasteiger partial charge in [-0.05, 0) is 44.0 Å². The summed E-state index contributed by atoms with van der Waals surface area (Å²) in [5.74, 6) is 0.338. The molecule has 0 saturated carbocycles. The molecule has 6 heteroatoms. The molecule has 138 valence electrons. The SMILES string of the molecule is CCOc1ccc(CN2CCCC(C(=O)N3CCNCC3)C2)cc1F. The Morgan fingerprint density at radius 2 is 2.12 bits per heavy atom. The molecule has 5 nitrogen and oxygen atoms in total. The third-order valence-electron chi connectivity index (χ3n) is 4.99. The highest BCUT2D eigenvalue weighted by Gasteiger charge is 2.29. The van der Waals surface area contributed by atoms with Crippen molar-refractivity contribution in [1.82, 2.24) is 15.1 Å². The smallest absolute Gasteiger partial charge is 0.227 e. The van der Waals surface area contributed by atoms with Gasteiger partial charge in [-0.15, -0.1) is 0 Å². The van der Waals surface area contributed by atoms with Gasteiger partial charge in [0.25, 0.3) is 0 Å². The molecule has 2 saturated heterocycles. The Morgan fingerprint density at radius 1 is 1.32 bits per heavy atom. The number of nitrogens with zero attached hydrogens (tertiary/aromatic N) is 2. The number of carbonyl (C=O) groups excluding carboxylic acids is 1. The van der Waals surface area contributed by atoms with Crippen molar-refractivity contribution >= 4 is 5.91 Å². The lowest BCUT2D eigenvalue weighted by Gasteiger charge is -2.36. The van der Waals surface area contributed by atoms with E-state index in [0.29, 0.717) is 18.9 Å². The topological polar surface area (TPSA) is 44.8 Å². The van der Waals surface area contributed by atoms with Crippen LogP contribution in [0.3, 0.4) is 0 Å². The first-order valence-corrected chi connectivity index (χ1v) is 9.30. The quantitative estimate of drug-likeness (QED) is 0.881. The van der Waals surface area contributed by atoms with Crippen LogP contribution in [-0.4, -0.2) is 61.6 Å². The van der Waals surface area contributed by atoms with Gasteiger partial charge in [-0.25, -0.2) is 4.39 Å². The van der Waals surface area contributed by atoms with Crippen molar-refractivity contribution in [3.8, 4) is 5.75 Å². The lowest BCUT2D eigenvalue weighted by atomic mass is 9.95. The van der Waals surface area contributed by atoms with Crippen molar-refractivity contribution in [2.24, 2.45) is 5.92 Å². The van der Waals surface area contributed by atoms with E-state index in [2.05, 4.69) is 10.2 Å². The Kier molecular flexibility index (Phi) is 6.26. The van der Waals surface area contributed by atoms with Crippen LogP contribution in [0.5, 0.6) is 5.75 Å². The fourth-order valence-electron chi connectivity index (χ4n) is 3.72. The van der Waals surface area contributed by atoms with Gasteiger partial charge >= 0.3 is 0 Å². The van der Waals surface area contributed by atoms with E-state index in [1.165, 1.54) is 0 Å². The number of likely N-dealkylation sites (tertiary alicyclic amines) is 1. The molecule has 0 spiro atoms. The molecule has 25 heavy (non-hydrogen) atoms. The van der Waals surface area contributed by atoms with Crippen LogP contribution in [0.15, 0.2) is 18.2 Å². The van der Waals surface area contributed by atoms with Gasteiger partial charge in [-0.1, -0.05) is 6.07 Å². The van der Waals surface area contributed by atoms with E-state index in [4.69, 9.17) is 4.74 Å². The predicted molar refractivity (Wildman–Crippen MR) is 95.0 cm³/mol. The van der Waals surface area contributed by atoms with E-state index in [1.54, 1.807) is 12.1 Å². The van der Waals surface area contributed by atoms with Gasteiger partial charge in [0.1, 0.15) is 0 Å². The first kappa shape index (κ1) is 18.1. The zero-order valence-electron chi connectivity index (χ0n) is 15.0. The fourth-order valence-corrected chi connectivity index (χ4v) is 3.72. The first-order chi connectivity index (χ1) is 12.2. The highest BCUT2D eigenvalue weighted by atomic mass is 19.1. The number of ether oxygens (including phenoxy) is 1. The summed E-state index contributed by atoms with van der Waals surface area (Å²) in [7, 11) is 0.